The van der Waals surface area contributed by atoms with Gasteiger partial charge in [0.15, 0.2) is 0 Å². The molecule has 1 saturated heterocycles. The van der Waals surface area contributed by atoms with Crippen LogP contribution < -0.4 is 16.0 Å². The summed E-state index contributed by atoms with van der Waals surface area (Å²) in [5.74, 6) is -0.193. The molecule has 1 aliphatic heterocycles. The number of benzene rings is 1. The molecule has 3 rings (SSSR count). The molecule has 3 N–H and O–H groups in total. The molecule has 24 heavy (non-hydrogen) atoms. The first-order valence-corrected chi connectivity index (χ1v) is 8.42. The predicted molar refractivity (Wildman–Crippen MR) is 97.7 cm³/mol. The number of amides is 2. The van der Waals surface area contributed by atoms with Gasteiger partial charge in [-0.3, -0.25) is 9.59 Å². The maximum absolute atomic E-state index is 12.2. The molecule has 1 aromatic carbocycles. The van der Waals surface area contributed by atoms with Crippen molar-refractivity contribution in [2.24, 2.45) is 11.3 Å². The van der Waals surface area contributed by atoms with Gasteiger partial charge in [0.2, 0.25) is 11.8 Å². The zero-order valence-corrected chi connectivity index (χ0v) is 15.2. The second kappa shape index (κ2) is 7.72. The van der Waals surface area contributed by atoms with Crippen molar-refractivity contribution in [3.63, 3.8) is 0 Å². The molecule has 0 aromatic heterocycles. The molecule has 1 atom stereocenters. The molecule has 5 nitrogen and oxygen atoms in total. The van der Waals surface area contributed by atoms with Gasteiger partial charge >= 0.3 is 0 Å². The molecule has 132 valence electrons. The monoisotopic (exact) mass is 371 g/mol. The van der Waals surface area contributed by atoms with Crippen LogP contribution in [0.4, 0.5) is 5.69 Å². The fraction of sp³-hybridized carbons (Fsp3) is 0.529. The number of nitrogens with one attached hydrogen (secondary N) is 3. The molecular weight excluding hydrogens is 349 g/mol. The zero-order valence-electron chi connectivity index (χ0n) is 13.7. The lowest BCUT2D eigenvalue weighted by Crippen LogP contribution is -2.37. The van der Waals surface area contributed by atoms with E-state index in [0.717, 1.165) is 37.9 Å². The van der Waals surface area contributed by atoms with Crippen molar-refractivity contribution in [3.05, 3.63) is 28.8 Å². The number of carbonyl (C=O) groups is 2. The average Bonchev–Trinajstić information content (AvgIpc) is 3.22. The van der Waals surface area contributed by atoms with E-state index in [1.54, 1.807) is 12.1 Å². The smallest absolute Gasteiger partial charge is 0.243 e. The quantitative estimate of drug-likeness (QED) is 0.761. The van der Waals surface area contributed by atoms with Crippen molar-refractivity contribution in [2.45, 2.75) is 26.2 Å². The van der Waals surface area contributed by atoms with Crippen molar-refractivity contribution in [3.8, 4) is 0 Å². The number of hydrogen-bond donors (Lipinski definition) is 3. The molecule has 1 aromatic rings. The molecular formula is C17H23Cl2N3O2. The second-order valence-corrected chi connectivity index (χ2v) is 7.03. The number of halogens is 2. The maximum atomic E-state index is 12.2. The van der Waals surface area contributed by atoms with Gasteiger partial charge in [0.25, 0.3) is 0 Å². The SMILES string of the molecule is Cc1ccc(NC(=O)CNC(=O)C2CC23CCNCC3)c(Cl)c1.Cl. The first-order chi connectivity index (χ1) is 11.0. The van der Waals surface area contributed by atoms with Gasteiger partial charge in [-0.15, -0.1) is 12.4 Å². The van der Waals surface area contributed by atoms with E-state index in [9.17, 15) is 9.59 Å². The summed E-state index contributed by atoms with van der Waals surface area (Å²) in [6.45, 7) is 3.88. The fourth-order valence-electron chi connectivity index (χ4n) is 3.40. The number of piperidine rings is 1. The van der Waals surface area contributed by atoms with Crippen LogP contribution in [0.3, 0.4) is 0 Å². The molecule has 1 saturated carbocycles. The summed E-state index contributed by atoms with van der Waals surface area (Å²) in [5.41, 5.74) is 1.78. The fourth-order valence-corrected chi connectivity index (χ4v) is 3.68. The number of hydrogen-bond acceptors (Lipinski definition) is 3. The topological polar surface area (TPSA) is 70.2 Å². The van der Waals surface area contributed by atoms with Crippen LogP contribution in [0.15, 0.2) is 18.2 Å². The first-order valence-electron chi connectivity index (χ1n) is 8.05. The van der Waals surface area contributed by atoms with E-state index in [0.29, 0.717) is 10.7 Å². The minimum atomic E-state index is -0.260. The average molecular weight is 372 g/mol. The van der Waals surface area contributed by atoms with Gasteiger partial charge < -0.3 is 16.0 Å². The maximum Gasteiger partial charge on any atom is 0.243 e. The Morgan fingerprint density at radius 3 is 2.71 bits per heavy atom. The summed E-state index contributed by atoms with van der Waals surface area (Å²) < 4.78 is 0. The van der Waals surface area contributed by atoms with Crippen molar-refractivity contribution in [2.75, 3.05) is 25.0 Å². The summed E-state index contributed by atoms with van der Waals surface area (Å²) in [7, 11) is 0. The molecule has 2 amide bonds. The Bertz CT molecular complexity index is 630. The lowest BCUT2D eigenvalue weighted by atomic mass is 9.92. The zero-order chi connectivity index (χ0) is 16.4. The van der Waals surface area contributed by atoms with Crippen LogP contribution in [0.2, 0.25) is 5.02 Å². The molecule has 1 aliphatic carbocycles. The van der Waals surface area contributed by atoms with Gasteiger partial charge in [-0.25, -0.2) is 0 Å². The van der Waals surface area contributed by atoms with E-state index >= 15 is 0 Å². The van der Waals surface area contributed by atoms with Crippen LogP contribution in [0.1, 0.15) is 24.8 Å². The summed E-state index contributed by atoms with van der Waals surface area (Å²) in [5, 5.41) is 9.30. The van der Waals surface area contributed by atoms with E-state index in [2.05, 4.69) is 16.0 Å². The molecule has 1 unspecified atom stereocenters. The van der Waals surface area contributed by atoms with Crippen LogP contribution >= 0.6 is 24.0 Å². The molecule has 2 aliphatic rings. The highest BCUT2D eigenvalue weighted by molar-refractivity contribution is 6.33. The number of aryl methyl sites for hydroxylation is 1. The van der Waals surface area contributed by atoms with Crippen molar-refractivity contribution in [1.29, 1.82) is 0 Å². The third kappa shape index (κ3) is 4.21. The Hall–Kier alpha value is -1.30. The summed E-state index contributed by atoms with van der Waals surface area (Å²) in [6.07, 6.45) is 3.05. The number of rotatable bonds is 4. The van der Waals surface area contributed by atoms with E-state index in [4.69, 9.17) is 11.6 Å². The highest BCUT2D eigenvalue weighted by atomic mass is 35.5. The van der Waals surface area contributed by atoms with Gasteiger partial charge in [0, 0.05) is 5.92 Å². The van der Waals surface area contributed by atoms with Crippen LogP contribution in [-0.4, -0.2) is 31.4 Å². The largest absolute Gasteiger partial charge is 0.347 e. The highest BCUT2D eigenvalue weighted by Gasteiger charge is 2.57. The summed E-state index contributed by atoms with van der Waals surface area (Å²) in [4.78, 5) is 24.2. The van der Waals surface area contributed by atoms with Gasteiger partial charge in [0.1, 0.15) is 0 Å². The van der Waals surface area contributed by atoms with Gasteiger partial charge in [-0.05, 0) is 62.4 Å². The van der Waals surface area contributed by atoms with Crippen molar-refractivity contribution in [1.82, 2.24) is 10.6 Å². The number of anilines is 1. The first kappa shape index (κ1) is 19.0. The summed E-state index contributed by atoms with van der Waals surface area (Å²) in [6, 6.07) is 5.44. The Morgan fingerprint density at radius 2 is 2.04 bits per heavy atom. The molecule has 1 spiro atoms. The van der Waals surface area contributed by atoms with Crippen LogP contribution in [-0.2, 0) is 9.59 Å². The van der Waals surface area contributed by atoms with Gasteiger partial charge in [-0.1, -0.05) is 17.7 Å². The van der Waals surface area contributed by atoms with Crippen LogP contribution in [0.25, 0.3) is 0 Å². The predicted octanol–water partition coefficient (Wildman–Crippen LogP) is 2.51. The van der Waals surface area contributed by atoms with Crippen molar-refractivity contribution >= 4 is 41.5 Å². The Morgan fingerprint density at radius 1 is 1.33 bits per heavy atom. The van der Waals surface area contributed by atoms with Gasteiger partial charge in [0.05, 0.1) is 17.3 Å². The van der Waals surface area contributed by atoms with E-state index in [1.807, 2.05) is 13.0 Å². The molecule has 1 heterocycles. The normalized spacial score (nSPS) is 20.8. The highest BCUT2D eigenvalue weighted by Crippen LogP contribution is 2.58. The molecule has 2 fully saturated rings. The molecule has 7 heteroatoms. The Labute approximate surface area is 153 Å². The van der Waals surface area contributed by atoms with E-state index in [-0.39, 0.29) is 42.1 Å². The minimum absolute atomic E-state index is 0. The van der Waals surface area contributed by atoms with Crippen LogP contribution in [0.5, 0.6) is 0 Å². The van der Waals surface area contributed by atoms with Crippen LogP contribution in [0, 0.1) is 18.3 Å². The third-order valence-electron chi connectivity index (χ3n) is 4.93. The van der Waals surface area contributed by atoms with E-state index in [1.165, 1.54) is 0 Å². The van der Waals surface area contributed by atoms with Crippen molar-refractivity contribution < 1.29 is 9.59 Å². The van der Waals surface area contributed by atoms with E-state index < -0.39 is 0 Å². The minimum Gasteiger partial charge on any atom is -0.347 e. The van der Waals surface area contributed by atoms with Gasteiger partial charge in [-0.2, -0.15) is 0 Å². The lowest BCUT2D eigenvalue weighted by molar-refractivity contribution is -0.125. The second-order valence-electron chi connectivity index (χ2n) is 6.62. The third-order valence-corrected chi connectivity index (χ3v) is 5.24. The Kier molecular flexibility index (Phi) is 6.12. The molecule has 0 bridgehead atoms. The number of carbonyl (C=O) groups excluding carboxylic acids is 2. The molecule has 0 radical (unpaired) electrons. The lowest BCUT2D eigenvalue weighted by Gasteiger charge is -2.23. The summed E-state index contributed by atoms with van der Waals surface area (Å²) >= 11 is 6.09. The standard InChI is InChI=1S/C17H22ClN3O2.ClH/c1-11-2-3-14(13(18)8-11)21-15(22)10-20-16(23)12-9-17(12)4-6-19-7-5-17;/h2-3,8,12,19H,4-7,9-10H2,1H3,(H,20,23)(H,21,22);1H. The Balaban J connectivity index is 0.00000208.